The molecule has 0 aromatic heterocycles. The number of primary amides is 1. The van der Waals surface area contributed by atoms with Gasteiger partial charge >= 0.3 is 0 Å². The van der Waals surface area contributed by atoms with Gasteiger partial charge in [-0.05, 0) is 18.2 Å². The van der Waals surface area contributed by atoms with Crippen LogP contribution in [0.15, 0.2) is 18.2 Å². The Hall–Kier alpha value is -1.60. The summed E-state index contributed by atoms with van der Waals surface area (Å²) >= 11 is 0. The van der Waals surface area contributed by atoms with E-state index in [1.54, 1.807) is 0 Å². The van der Waals surface area contributed by atoms with E-state index in [0.29, 0.717) is 0 Å². The number of nitrogens with one attached hydrogen (secondary N) is 1. The van der Waals surface area contributed by atoms with Gasteiger partial charge in [0, 0.05) is 24.2 Å². The van der Waals surface area contributed by atoms with E-state index < -0.39 is 24.3 Å². The highest BCUT2D eigenvalue weighted by atomic mass is 19.3. The molecule has 0 heterocycles. The summed E-state index contributed by atoms with van der Waals surface area (Å²) in [5, 5.41) is 11.3. The molecule has 0 bridgehead atoms. The normalized spacial score (nSPS) is 12.7. The largest absolute Gasteiger partial charge is 0.386 e. The van der Waals surface area contributed by atoms with Crippen LogP contribution in [-0.4, -0.2) is 30.1 Å². The molecule has 0 saturated carbocycles. The van der Waals surface area contributed by atoms with Crippen molar-refractivity contribution < 1.29 is 23.1 Å². The van der Waals surface area contributed by atoms with Gasteiger partial charge in [-0.15, -0.1) is 0 Å². The Morgan fingerprint density at radius 1 is 1.44 bits per heavy atom. The van der Waals surface area contributed by atoms with Crippen LogP contribution >= 0.6 is 0 Å². The van der Waals surface area contributed by atoms with Gasteiger partial charge in [0.15, 0.2) is 0 Å². The van der Waals surface area contributed by atoms with E-state index in [1.807, 2.05) is 0 Å². The highest BCUT2D eigenvalue weighted by Gasteiger charge is 2.16. The van der Waals surface area contributed by atoms with E-state index in [0.717, 1.165) is 6.07 Å². The van der Waals surface area contributed by atoms with Gasteiger partial charge < -0.3 is 16.2 Å². The molecule has 4 nitrogen and oxygen atoms in total. The lowest BCUT2D eigenvalue weighted by Gasteiger charge is -2.11. The van der Waals surface area contributed by atoms with Crippen molar-refractivity contribution in [3.63, 3.8) is 0 Å². The van der Waals surface area contributed by atoms with Crippen LogP contribution in [0.25, 0.3) is 0 Å². The van der Waals surface area contributed by atoms with Crippen LogP contribution in [0.5, 0.6) is 0 Å². The summed E-state index contributed by atoms with van der Waals surface area (Å²) in [5.74, 6) is -1.29. The molecule has 1 aromatic carbocycles. The summed E-state index contributed by atoms with van der Waals surface area (Å²) in [4.78, 5) is 10.9. The van der Waals surface area contributed by atoms with Gasteiger partial charge in [0.25, 0.3) is 6.43 Å². The Labute approximate surface area is 102 Å². The first-order chi connectivity index (χ1) is 8.41. The van der Waals surface area contributed by atoms with Gasteiger partial charge in [-0.25, -0.2) is 13.2 Å². The molecule has 4 N–H and O–H groups in total. The van der Waals surface area contributed by atoms with Crippen molar-refractivity contribution in [3.05, 3.63) is 35.1 Å². The molecule has 0 radical (unpaired) electrons. The van der Waals surface area contributed by atoms with Crippen molar-refractivity contribution >= 4 is 5.91 Å². The molecule has 1 atom stereocenters. The third-order valence-electron chi connectivity index (χ3n) is 2.29. The van der Waals surface area contributed by atoms with Gasteiger partial charge in [-0.1, -0.05) is 0 Å². The number of hydrogen-bond acceptors (Lipinski definition) is 3. The molecule has 0 aliphatic carbocycles. The summed E-state index contributed by atoms with van der Waals surface area (Å²) in [6.45, 7) is -0.464. The Morgan fingerprint density at radius 3 is 2.67 bits per heavy atom. The number of benzene rings is 1. The second-order valence-electron chi connectivity index (χ2n) is 3.70. The number of rotatable bonds is 6. The number of alkyl halides is 2. The minimum atomic E-state index is -2.86. The average Bonchev–Trinajstić information content (AvgIpc) is 2.30. The molecule has 7 heteroatoms. The summed E-state index contributed by atoms with van der Waals surface area (Å²) in [7, 11) is 0. The highest BCUT2D eigenvalue weighted by molar-refractivity contribution is 5.92. The summed E-state index contributed by atoms with van der Waals surface area (Å²) in [6.07, 6.45) is -4.67. The monoisotopic (exact) mass is 262 g/mol. The number of aliphatic hydroxyl groups is 1. The molecular weight excluding hydrogens is 249 g/mol. The molecule has 0 spiro atoms. The topological polar surface area (TPSA) is 75.4 Å². The zero-order valence-electron chi connectivity index (χ0n) is 9.37. The smallest absolute Gasteiger partial charge is 0.265 e. The van der Waals surface area contributed by atoms with Crippen LogP contribution in [0.3, 0.4) is 0 Å². The van der Waals surface area contributed by atoms with Crippen molar-refractivity contribution in [2.75, 3.05) is 6.54 Å². The number of nitrogens with two attached hydrogens (primary N) is 1. The van der Waals surface area contributed by atoms with Crippen molar-refractivity contribution in [1.82, 2.24) is 5.32 Å². The molecule has 1 unspecified atom stereocenters. The second-order valence-corrected chi connectivity index (χ2v) is 3.70. The first-order valence-electron chi connectivity index (χ1n) is 5.17. The third-order valence-corrected chi connectivity index (χ3v) is 2.29. The molecule has 100 valence electrons. The maximum Gasteiger partial charge on any atom is 0.265 e. The van der Waals surface area contributed by atoms with Crippen molar-refractivity contribution in [1.29, 1.82) is 0 Å². The Bertz CT molecular complexity index is 427. The summed E-state index contributed by atoms with van der Waals surface area (Å²) in [6, 6.07) is 3.54. The first kappa shape index (κ1) is 14.5. The minimum absolute atomic E-state index is 0.0866. The number of carbonyl (C=O) groups excluding carboxylic acids is 1. The fourth-order valence-electron chi connectivity index (χ4n) is 1.31. The van der Waals surface area contributed by atoms with Gasteiger partial charge in [0.1, 0.15) is 11.9 Å². The third kappa shape index (κ3) is 4.01. The zero-order valence-corrected chi connectivity index (χ0v) is 9.37. The predicted octanol–water partition coefficient (Wildman–Crippen LogP) is 0.640. The van der Waals surface area contributed by atoms with E-state index in [1.165, 1.54) is 12.1 Å². The SMILES string of the molecule is NC(=O)c1ccc(F)c(CNCC(O)C(F)F)c1. The molecule has 0 saturated heterocycles. The lowest BCUT2D eigenvalue weighted by atomic mass is 10.1. The highest BCUT2D eigenvalue weighted by Crippen LogP contribution is 2.10. The predicted molar refractivity (Wildman–Crippen MR) is 58.6 cm³/mol. The first-order valence-corrected chi connectivity index (χ1v) is 5.17. The van der Waals surface area contributed by atoms with E-state index in [2.05, 4.69) is 5.32 Å². The van der Waals surface area contributed by atoms with Crippen LogP contribution in [0.4, 0.5) is 13.2 Å². The standard InChI is InChI=1S/C11H13F3N2O2/c12-8-2-1-6(11(15)18)3-7(8)4-16-5-9(17)10(13)14/h1-3,9-10,16-17H,4-5H2,(H2,15,18). The van der Waals surface area contributed by atoms with E-state index in [4.69, 9.17) is 10.8 Å². The Kier molecular flexibility index (Phi) is 5.11. The number of hydrogen-bond donors (Lipinski definition) is 3. The van der Waals surface area contributed by atoms with E-state index >= 15 is 0 Å². The zero-order chi connectivity index (χ0) is 13.7. The molecule has 1 amide bonds. The molecular formula is C11H13F3N2O2. The summed E-state index contributed by atoms with van der Waals surface area (Å²) in [5.41, 5.74) is 5.27. The maximum absolute atomic E-state index is 13.3. The average molecular weight is 262 g/mol. The van der Waals surface area contributed by atoms with Crippen molar-refractivity contribution in [2.24, 2.45) is 5.73 Å². The maximum atomic E-state index is 13.3. The Balaban J connectivity index is 2.61. The van der Waals surface area contributed by atoms with Gasteiger partial charge in [0.05, 0.1) is 0 Å². The number of amides is 1. The number of halogens is 3. The van der Waals surface area contributed by atoms with Gasteiger partial charge in [0.2, 0.25) is 5.91 Å². The van der Waals surface area contributed by atoms with Crippen LogP contribution in [-0.2, 0) is 6.54 Å². The van der Waals surface area contributed by atoms with Crippen LogP contribution in [0, 0.1) is 5.82 Å². The molecule has 0 aliphatic heterocycles. The van der Waals surface area contributed by atoms with Gasteiger partial charge in [-0.2, -0.15) is 0 Å². The van der Waals surface area contributed by atoms with Crippen LogP contribution < -0.4 is 11.1 Å². The van der Waals surface area contributed by atoms with Crippen molar-refractivity contribution in [3.8, 4) is 0 Å². The van der Waals surface area contributed by atoms with Crippen molar-refractivity contribution in [2.45, 2.75) is 19.1 Å². The second kappa shape index (κ2) is 6.36. The molecule has 1 aromatic rings. The van der Waals surface area contributed by atoms with E-state index in [-0.39, 0.29) is 24.2 Å². The molecule has 1 rings (SSSR count). The number of aliphatic hydroxyl groups excluding tert-OH is 1. The quantitative estimate of drug-likeness (QED) is 0.704. The van der Waals surface area contributed by atoms with Crippen LogP contribution in [0.2, 0.25) is 0 Å². The van der Waals surface area contributed by atoms with E-state index in [9.17, 15) is 18.0 Å². The fourth-order valence-corrected chi connectivity index (χ4v) is 1.31. The lowest BCUT2D eigenvalue weighted by molar-refractivity contribution is -0.00343. The lowest BCUT2D eigenvalue weighted by Crippen LogP contribution is -2.32. The Morgan fingerprint density at radius 2 is 2.11 bits per heavy atom. The number of carbonyl (C=O) groups is 1. The minimum Gasteiger partial charge on any atom is -0.386 e. The molecule has 0 fully saturated rings. The molecule has 0 aliphatic rings. The fraction of sp³-hybridized carbons (Fsp3) is 0.364. The van der Waals surface area contributed by atoms with Crippen LogP contribution in [0.1, 0.15) is 15.9 Å². The molecule has 18 heavy (non-hydrogen) atoms. The summed E-state index contributed by atoms with van der Waals surface area (Å²) < 4.78 is 37.3. The van der Waals surface area contributed by atoms with Gasteiger partial charge in [-0.3, -0.25) is 4.79 Å².